The van der Waals surface area contributed by atoms with Crippen molar-refractivity contribution < 1.29 is 43.9 Å². The van der Waals surface area contributed by atoms with Crippen molar-refractivity contribution in [3.8, 4) is 19.7 Å². The molecule has 0 aliphatic rings. The summed E-state index contributed by atoms with van der Waals surface area (Å²) in [5, 5.41) is 0. The molecule has 0 bridgehead atoms. The summed E-state index contributed by atoms with van der Waals surface area (Å²) in [6, 6.07) is 0. The Morgan fingerprint density at radius 1 is 0.414 bits per heavy atom. The van der Waals surface area contributed by atoms with Gasteiger partial charge in [0.25, 0.3) is 0 Å². The van der Waals surface area contributed by atoms with Crippen molar-refractivity contribution in [3.63, 3.8) is 0 Å². The maximum atomic E-state index is 13.6. The minimum absolute atomic E-state index is 1.31. The molecule has 0 aliphatic heterocycles. The first-order valence-electron chi connectivity index (χ1n) is 7.39. The fourth-order valence-corrected chi connectivity index (χ4v) is 4.57. The first-order chi connectivity index (χ1) is 13.3. The SMILES string of the molecule is [CH3][Sn]([CH3])([C]#Cc1c(F)c(F)c(F)c(F)c1F)[C]#Cc1c(F)c(F)c(F)c(F)c1F. The van der Waals surface area contributed by atoms with Gasteiger partial charge in [0.05, 0.1) is 0 Å². The maximum absolute atomic E-state index is 13.6. The average Bonchev–Trinajstić information content (AvgIpc) is 2.67. The Kier molecular flexibility index (Phi) is 6.48. The molecule has 0 N–H and O–H groups in total. The topological polar surface area (TPSA) is 0 Å². The van der Waals surface area contributed by atoms with Crippen LogP contribution in [0, 0.1) is 77.9 Å². The van der Waals surface area contributed by atoms with Gasteiger partial charge in [-0.2, -0.15) is 0 Å². The Bertz CT molecular complexity index is 998. The zero-order valence-electron chi connectivity index (χ0n) is 14.3. The molecule has 29 heavy (non-hydrogen) atoms. The number of halogens is 10. The Hall–Kier alpha value is -2.34. The molecule has 11 heteroatoms. The van der Waals surface area contributed by atoms with E-state index < -0.39 is 87.7 Å². The van der Waals surface area contributed by atoms with Gasteiger partial charge in [-0.1, -0.05) is 0 Å². The van der Waals surface area contributed by atoms with Gasteiger partial charge in [-0.15, -0.1) is 0 Å². The van der Waals surface area contributed by atoms with Crippen molar-refractivity contribution >= 4 is 18.4 Å². The molecule has 0 fully saturated rings. The Morgan fingerprint density at radius 2 is 0.621 bits per heavy atom. The first-order valence-corrected chi connectivity index (χ1v) is 16.0. The molecule has 0 atom stereocenters. The predicted octanol–water partition coefficient (Wildman–Crippen LogP) is 5.27. The zero-order valence-corrected chi connectivity index (χ0v) is 17.1. The molecule has 2 aromatic carbocycles. The van der Waals surface area contributed by atoms with Crippen LogP contribution >= 0.6 is 0 Å². The van der Waals surface area contributed by atoms with Gasteiger partial charge >= 0.3 is 161 Å². The van der Waals surface area contributed by atoms with E-state index >= 15 is 0 Å². The molecule has 0 nitrogen and oxygen atoms in total. The van der Waals surface area contributed by atoms with E-state index in [1.165, 1.54) is 9.88 Å². The van der Waals surface area contributed by atoms with Crippen LogP contribution in [0.15, 0.2) is 0 Å². The van der Waals surface area contributed by atoms with Crippen molar-refractivity contribution in [2.75, 3.05) is 0 Å². The van der Waals surface area contributed by atoms with Crippen molar-refractivity contribution in [3.05, 3.63) is 69.3 Å². The Balaban J connectivity index is 2.55. The molecular weight excluding hydrogens is 525 g/mol. The minimum atomic E-state index is -4.14. The summed E-state index contributed by atoms with van der Waals surface area (Å²) < 4.78 is 138. The van der Waals surface area contributed by atoms with Gasteiger partial charge in [-0.25, -0.2) is 0 Å². The molecule has 0 unspecified atom stereocenters. The summed E-state index contributed by atoms with van der Waals surface area (Å²) >= 11 is -4.14. The van der Waals surface area contributed by atoms with Gasteiger partial charge in [0.1, 0.15) is 0 Å². The fraction of sp³-hybridized carbons (Fsp3) is 0.111. The Labute approximate surface area is 161 Å². The van der Waals surface area contributed by atoms with Crippen LogP contribution in [0.4, 0.5) is 43.9 Å². The van der Waals surface area contributed by atoms with Crippen LogP contribution in [0.2, 0.25) is 9.88 Å². The third-order valence-electron chi connectivity index (χ3n) is 3.42. The normalized spacial score (nSPS) is 10.9. The quantitative estimate of drug-likeness (QED) is 0.143. The Morgan fingerprint density at radius 3 is 0.862 bits per heavy atom. The van der Waals surface area contributed by atoms with Gasteiger partial charge in [0.2, 0.25) is 0 Å². The molecule has 0 saturated heterocycles. The molecule has 0 amide bonds. The molecule has 0 saturated carbocycles. The van der Waals surface area contributed by atoms with Crippen LogP contribution in [0.25, 0.3) is 0 Å². The summed E-state index contributed by atoms with van der Waals surface area (Å²) in [7, 11) is 0. The molecule has 0 aromatic heterocycles. The van der Waals surface area contributed by atoms with Crippen LogP contribution in [0.1, 0.15) is 11.1 Å². The van der Waals surface area contributed by atoms with E-state index in [0.717, 1.165) is 0 Å². The van der Waals surface area contributed by atoms with Gasteiger partial charge in [-0.3, -0.25) is 0 Å². The second kappa shape index (κ2) is 8.19. The van der Waals surface area contributed by atoms with Crippen LogP contribution in [0.3, 0.4) is 0 Å². The second-order valence-electron chi connectivity index (χ2n) is 6.01. The zero-order chi connectivity index (χ0) is 22.3. The van der Waals surface area contributed by atoms with Gasteiger partial charge < -0.3 is 0 Å². The molecular formula is C18H6F10Sn. The monoisotopic (exact) mass is 532 g/mol. The molecule has 0 aliphatic carbocycles. The van der Waals surface area contributed by atoms with E-state index in [1.54, 1.807) is 11.8 Å². The van der Waals surface area contributed by atoms with E-state index in [0.29, 0.717) is 0 Å². The molecule has 2 rings (SSSR count). The van der Waals surface area contributed by atoms with E-state index in [4.69, 9.17) is 0 Å². The molecule has 0 radical (unpaired) electrons. The van der Waals surface area contributed by atoms with E-state index in [1.807, 2.05) is 0 Å². The number of benzene rings is 2. The van der Waals surface area contributed by atoms with Crippen LogP contribution < -0.4 is 0 Å². The second-order valence-corrected chi connectivity index (χ2v) is 16.7. The number of rotatable bonds is 0. The van der Waals surface area contributed by atoms with Crippen LogP contribution in [0.5, 0.6) is 0 Å². The van der Waals surface area contributed by atoms with Crippen molar-refractivity contribution in [1.82, 2.24) is 0 Å². The first kappa shape index (κ1) is 22.9. The van der Waals surface area contributed by atoms with E-state index in [2.05, 4.69) is 7.87 Å². The summed E-state index contributed by atoms with van der Waals surface area (Å²) in [4.78, 5) is 2.62. The summed E-state index contributed by atoms with van der Waals surface area (Å²) in [6.07, 6.45) is 0. The van der Waals surface area contributed by atoms with Crippen molar-refractivity contribution in [2.45, 2.75) is 9.88 Å². The van der Waals surface area contributed by atoms with Gasteiger partial charge in [0, 0.05) is 0 Å². The van der Waals surface area contributed by atoms with Crippen molar-refractivity contribution in [2.24, 2.45) is 0 Å². The molecule has 152 valence electrons. The fourth-order valence-electron chi connectivity index (χ4n) is 1.90. The number of hydrogen-bond acceptors (Lipinski definition) is 0. The molecule has 0 spiro atoms. The standard InChI is InChI=1S/2C8F5.2CH3.Sn/c2*1-2-3-4(9)6(11)8(13)7(12)5(3)10;;;/h;;2*1H3;. The molecule has 0 heterocycles. The third kappa shape index (κ3) is 4.32. The average molecular weight is 531 g/mol. The van der Waals surface area contributed by atoms with Gasteiger partial charge in [0.15, 0.2) is 0 Å². The van der Waals surface area contributed by atoms with E-state index in [9.17, 15) is 43.9 Å². The summed E-state index contributed by atoms with van der Waals surface area (Å²) in [5.41, 5.74) is -2.85. The molecule has 2 aromatic rings. The van der Waals surface area contributed by atoms with Crippen LogP contribution in [-0.4, -0.2) is 18.4 Å². The third-order valence-corrected chi connectivity index (χ3v) is 7.70. The van der Waals surface area contributed by atoms with Crippen molar-refractivity contribution in [1.29, 1.82) is 0 Å². The van der Waals surface area contributed by atoms with Crippen LogP contribution in [-0.2, 0) is 0 Å². The van der Waals surface area contributed by atoms with E-state index in [-0.39, 0.29) is 0 Å². The van der Waals surface area contributed by atoms with Gasteiger partial charge in [-0.05, 0) is 0 Å². The predicted molar refractivity (Wildman–Crippen MR) is 83.7 cm³/mol. The summed E-state index contributed by atoms with van der Waals surface area (Å²) in [5.74, 6) is -18.8. The summed E-state index contributed by atoms with van der Waals surface area (Å²) in [6.45, 7) is 0. The number of hydrogen-bond donors (Lipinski definition) is 0.